The number of rotatable bonds is 5. The summed E-state index contributed by atoms with van der Waals surface area (Å²) in [5.41, 5.74) is -2.17. The Morgan fingerprint density at radius 3 is 2.47 bits per heavy atom. The molecule has 2 aromatic rings. The van der Waals surface area contributed by atoms with Gasteiger partial charge in [0.15, 0.2) is 0 Å². The average molecular weight is 490 g/mol. The second kappa shape index (κ2) is 8.18. The molecule has 1 saturated carbocycles. The lowest BCUT2D eigenvalue weighted by Gasteiger charge is -2.26. The lowest BCUT2D eigenvalue weighted by Crippen LogP contribution is -2.46. The van der Waals surface area contributed by atoms with Crippen LogP contribution in [0.2, 0.25) is 5.02 Å². The third-order valence-electron chi connectivity index (χ3n) is 5.58. The van der Waals surface area contributed by atoms with Gasteiger partial charge < -0.3 is 10.0 Å². The number of hydrogen-bond donors (Lipinski definition) is 1. The SMILES string of the molecule is O=C(O)[C@@H]1C[C@@H](Sc2ccc(C(F)(F)F)cn2)CN1C(=O)C1(c2ncc(Cl)cc2F)CC1. The minimum absolute atomic E-state index is 0.0418. The maximum atomic E-state index is 14.4. The van der Waals surface area contributed by atoms with E-state index in [4.69, 9.17) is 11.6 Å². The maximum Gasteiger partial charge on any atom is 0.417 e. The van der Waals surface area contributed by atoms with E-state index >= 15 is 0 Å². The number of carbonyl (C=O) groups excluding carboxylic acids is 1. The third kappa shape index (κ3) is 4.27. The zero-order valence-corrected chi connectivity index (χ0v) is 17.8. The molecular formula is C20H16ClF4N3O3S. The van der Waals surface area contributed by atoms with E-state index in [9.17, 15) is 32.3 Å². The largest absolute Gasteiger partial charge is 0.480 e. The number of thioether (sulfide) groups is 1. The number of alkyl halides is 3. The number of hydrogen-bond acceptors (Lipinski definition) is 5. The van der Waals surface area contributed by atoms with E-state index in [0.717, 1.165) is 23.9 Å². The predicted octanol–water partition coefficient (Wildman–Crippen LogP) is 4.17. The zero-order valence-electron chi connectivity index (χ0n) is 16.3. The molecule has 4 rings (SSSR count). The van der Waals surface area contributed by atoms with Crippen LogP contribution in [0.4, 0.5) is 17.6 Å². The summed E-state index contributed by atoms with van der Waals surface area (Å²) in [6.07, 6.45) is -1.81. The van der Waals surface area contributed by atoms with Crippen LogP contribution in [0.25, 0.3) is 0 Å². The van der Waals surface area contributed by atoms with Gasteiger partial charge in [0.05, 0.1) is 26.7 Å². The zero-order chi connectivity index (χ0) is 23.3. The van der Waals surface area contributed by atoms with Crippen LogP contribution in [-0.2, 0) is 21.2 Å². The van der Waals surface area contributed by atoms with E-state index in [0.29, 0.717) is 19.0 Å². The predicted molar refractivity (Wildman–Crippen MR) is 107 cm³/mol. The highest BCUT2D eigenvalue weighted by molar-refractivity contribution is 7.99. The van der Waals surface area contributed by atoms with Crippen LogP contribution in [0.15, 0.2) is 35.6 Å². The smallest absolute Gasteiger partial charge is 0.417 e. The Kier molecular flexibility index (Phi) is 5.83. The molecule has 0 bridgehead atoms. The lowest BCUT2D eigenvalue weighted by atomic mass is 9.98. The second-order valence-electron chi connectivity index (χ2n) is 7.74. The number of carbonyl (C=O) groups is 2. The first-order valence-electron chi connectivity index (χ1n) is 9.56. The summed E-state index contributed by atoms with van der Waals surface area (Å²) in [4.78, 5) is 34.1. The van der Waals surface area contributed by atoms with Gasteiger partial charge in [-0.05, 0) is 37.5 Å². The van der Waals surface area contributed by atoms with Crippen molar-refractivity contribution in [2.45, 2.75) is 47.2 Å². The summed E-state index contributed by atoms with van der Waals surface area (Å²) in [5, 5.41) is 9.61. The molecule has 0 radical (unpaired) electrons. The van der Waals surface area contributed by atoms with E-state index in [-0.39, 0.29) is 28.7 Å². The van der Waals surface area contributed by atoms with Crippen molar-refractivity contribution in [2.75, 3.05) is 6.54 Å². The van der Waals surface area contributed by atoms with Gasteiger partial charge in [0, 0.05) is 24.2 Å². The number of nitrogens with zero attached hydrogens (tertiary/aromatic N) is 3. The monoisotopic (exact) mass is 489 g/mol. The molecule has 1 saturated heterocycles. The number of amides is 1. The molecule has 0 unspecified atom stereocenters. The molecule has 6 nitrogen and oxygen atoms in total. The quantitative estimate of drug-likeness (QED) is 0.635. The summed E-state index contributed by atoms with van der Waals surface area (Å²) < 4.78 is 52.6. The van der Waals surface area contributed by atoms with Gasteiger partial charge in [-0.15, -0.1) is 11.8 Å². The Labute approximate surface area is 189 Å². The van der Waals surface area contributed by atoms with Crippen molar-refractivity contribution < 1.29 is 32.3 Å². The molecule has 2 atom stereocenters. The van der Waals surface area contributed by atoms with Crippen molar-refractivity contribution in [3.8, 4) is 0 Å². The molecule has 32 heavy (non-hydrogen) atoms. The number of pyridine rings is 2. The standard InChI is InChI=1S/C20H16ClF4N3O3S/c21-11-5-13(22)16(27-8-11)19(3-4-19)18(31)28-9-12(6-14(28)17(29)30)32-15-2-1-10(7-26-15)20(23,24)25/h1-2,5,7-8,12,14H,3-4,6,9H2,(H,29,30)/t12-,14+/m1/s1. The topological polar surface area (TPSA) is 83.4 Å². The number of carboxylic acid groups (broad SMARTS) is 1. The van der Waals surface area contributed by atoms with Gasteiger partial charge in [0.25, 0.3) is 0 Å². The fourth-order valence-electron chi connectivity index (χ4n) is 3.85. The molecule has 0 spiro atoms. The van der Waals surface area contributed by atoms with Gasteiger partial charge in [-0.2, -0.15) is 13.2 Å². The van der Waals surface area contributed by atoms with E-state index < -0.39 is 46.1 Å². The maximum absolute atomic E-state index is 14.4. The Morgan fingerprint density at radius 1 is 1.22 bits per heavy atom. The van der Waals surface area contributed by atoms with Crippen LogP contribution in [0.3, 0.4) is 0 Å². The van der Waals surface area contributed by atoms with Crippen molar-refractivity contribution in [3.63, 3.8) is 0 Å². The highest BCUT2D eigenvalue weighted by atomic mass is 35.5. The highest BCUT2D eigenvalue weighted by Gasteiger charge is 2.58. The number of halogens is 5. The van der Waals surface area contributed by atoms with Crippen molar-refractivity contribution in [1.29, 1.82) is 0 Å². The van der Waals surface area contributed by atoms with E-state index in [2.05, 4.69) is 9.97 Å². The Balaban J connectivity index is 1.53. The summed E-state index contributed by atoms with van der Waals surface area (Å²) in [7, 11) is 0. The van der Waals surface area contributed by atoms with Crippen LogP contribution in [0.5, 0.6) is 0 Å². The second-order valence-corrected chi connectivity index (χ2v) is 9.49. The molecule has 2 aromatic heterocycles. The number of aromatic nitrogens is 2. The first kappa shape index (κ1) is 22.8. The fourth-order valence-corrected chi connectivity index (χ4v) is 5.11. The van der Waals surface area contributed by atoms with Crippen LogP contribution in [0.1, 0.15) is 30.5 Å². The van der Waals surface area contributed by atoms with E-state index in [1.165, 1.54) is 17.2 Å². The molecular weight excluding hydrogens is 474 g/mol. The van der Waals surface area contributed by atoms with Crippen molar-refractivity contribution in [2.24, 2.45) is 0 Å². The van der Waals surface area contributed by atoms with Crippen LogP contribution in [0, 0.1) is 5.82 Å². The first-order chi connectivity index (χ1) is 15.0. The Morgan fingerprint density at radius 2 is 1.94 bits per heavy atom. The van der Waals surface area contributed by atoms with Gasteiger partial charge in [0.2, 0.25) is 5.91 Å². The molecule has 12 heteroatoms. The molecule has 2 aliphatic rings. The summed E-state index contributed by atoms with van der Waals surface area (Å²) in [6, 6.07) is 2.03. The highest BCUT2D eigenvalue weighted by Crippen LogP contribution is 2.51. The van der Waals surface area contributed by atoms with Crippen molar-refractivity contribution >= 4 is 35.2 Å². The van der Waals surface area contributed by atoms with Gasteiger partial charge in [-0.3, -0.25) is 9.78 Å². The molecule has 0 aromatic carbocycles. The number of carboxylic acids is 1. The van der Waals surface area contributed by atoms with Crippen LogP contribution in [-0.4, -0.2) is 49.7 Å². The molecule has 1 amide bonds. The first-order valence-corrected chi connectivity index (χ1v) is 10.8. The molecule has 170 valence electrons. The number of likely N-dealkylation sites (tertiary alicyclic amines) is 1. The summed E-state index contributed by atoms with van der Waals surface area (Å²) in [6.45, 7) is 0.0418. The lowest BCUT2D eigenvalue weighted by molar-refractivity contribution is -0.149. The minimum Gasteiger partial charge on any atom is -0.480 e. The van der Waals surface area contributed by atoms with Crippen molar-refractivity contribution in [3.05, 3.63) is 52.7 Å². The third-order valence-corrected chi connectivity index (χ3v) is 6.94. The minimum atomic E-state index is -4.51. The summed E-state index contributed by atoms with van der Waals surface area (Å²) in [5.74, 6) is -2.46. The Hall–Kier alpha value is -2.40. The molecule has 1 N–H and O–H groups in total. The van der Waals surface area contributed by atoms with Gasteiger partial charge in [-0.25, -0.2) is 14.2 Å². The van der Waals surface area contributed by atoms with E-state index in [1.54, 1.807) is 0 Å². The number of aliphatic carboxylic acids is 1. The van der Waals surface area contributed by atoms with E-state index in [1.807, 2.05) is 0 Å². The normalized spacial score (nSPS) is 22.1. The van der Waals surface area contributed by atoms with Gasteiger partial charge in [0.1, 0.15) is 11.9 Å². The van der Waals surface area contributed by atoms with Gasteiger partial charge in [-0.1, -0.05) is 11.6 Å². The molecule has 3 heterocycles. The molecule has 1 aliphatic carbocycles. The van der Waals surface area contributed by atoms with Crippen molar-refractivity contribution in [1.82, 2.24) is 14.9 Å². The fraction of sp³-hybridized carbons (Fsp3) is 0.400. The molecule has 1 aliphatic heterocycles. The molecule has 2 fully saturated rings. The average Bonchev–Trinajstić information content (AvgIpc) is 3.40. The summed E-state index contributed by atoms with van der Waals surface area (Å²) >= 11 is 6.85. The van der Waals surface area contributed by atoms with Crippen LogP contribution >= 0.6 is 23.4 Å². The Bertz CT molecular complexity index is 1060. The van der Waals surface area contributed by atoms with Crippen LogP contribution < -0.4 is 0 Å². The van der Waals surface area contributed by atoms with Gasteiger partial charge >= 0.3 is 12.1 Å².